The van der Waals surface area contributed by atoms with E-state index in [2.05, 4.69) is 71.9 Å². The molecule has 21 heavy (non-hydrogen) atoms. The number of benzene rings is 2. The molecule has 2 rings (SSSR count). The lowest BCUT2D eigenvalue weighted by molar-refractivity contribution is 0.284. The summed E-state index contributed by atoms with van der Waals surface area (Å²) in [7, 11) is 1.72. The van der Waals surface area contributed by atoms with Crippen molar-refractivity contribution in [2.45, 2.75) is 53.4 Å². The molecule has 0 aliphatic carbocycles. The van der Waals surface area contributed by atoms with Gasteiger partial charge in [-0.3, -0.25) is 0 Å². The van der Waals surface area contributed by atoms with Gasteiger partial charge in [0.05, 0.1) is 7.11 Å². The number of hydrogen-bond acceptors (Lipinski definition) is 1. The fourth-order valence-electron chi connectivity index (χ4n) is 3.48. The van der Waals surface area contributed by atoms with E-state index in [1.54, 1.807) is 7.11 Å². The smallest absolute Gasteiger partial charge is 0.119 e. The summed E-state index contributed by atoms with van der Waals surface area (Å²) in [6, 6.07) is 11.1. The van der Waals surface area contributed by atoms with Crippen molar-refractivity contribution in [1.82, 2.24) is 0 Å². The van der Waals surface area contributed by atoms with Crippen molar-refractivity contribution < 1.29 is 4.74 Å². The van der Waals surface area contributed by atoms with Gasteiger partial charge in [-0.1, -0.05) is 52.8 Å². The number of aryl methyl sites for hydroxylation is 1. The summed E-state index contributed by atoms with van der Waals surface area (Å²) in [4.78, 5) is 0. The molecule has 0 fully saturated rings. The lowest BCUT2D eigenvalue weighted by Crippen LogP contribution is -2.24. The first-order chi connectivity index (χ1) is 9.62. The van der Waals surface area contributed by atoms with Gasteiger partial charge in [0.25, 0.3) is 0 Å². The molecule has 0 aliphatic rings. The Balaban J connectivity index is 2.50. The van der Waals surface area contributed by atoms with E-state index in [4.69, 9.17) is 4.74 Å². The third-order valence-corrected chi connectivity index (χ3v) is 4.12. The Morgan fingerprint density at radius 3 is 2.19 bits per heavy atom. The topological polar surface area (TPSA) is 9.23 Å². The van der Waals surface area contributed by atoms with Crippen LogP contribution in [-0.2, 0) is 5.41 Å². The van der Waals surface area contributed by atoms with E-state index < -0.39 is 0 Å². The Kier molecular flexibility index (Phi) is 4.06. The summed E-state index contributed by atoms with van der Waals surface area (Å²) in [5, 5.41) is 2.58. The van der Waals surface area contributed by atoms with Crippen LogP contribution in [0.3, 0.4) is 0 Å². The molecule has 0 saturated carbocycles. The maximum atomic E-state index is 5.37. The molecule has 2 aromatic rings. The lowest BCUT2D eigenvalue weighted by atomic mass is 9.72. The number of methoxy groups -OCH3 is 1. The molecular weight excluding hydrogens is 256 g/mol. The van der Waals surface area contributed by atoms with Crippen molar-refractivity contribution in [3.05, 3.63) is 41.5 Å². The Labute approximate surface area is 129 Å². The molecular formula is C20H28O. The second kappa shape index (κ2) is 5.36. The Hall–Kier alpha value is -1.50. The van der Waals surface area contributed by atoms with Crippen LogP contribution in [0.1, 0.15) is 52.2 Å². The molecule has 0 aliphatic heterocycles. The van der Waals surface area contributed by atoms with Gasteiger partial charge in [0, 0.05) is 0 Å². The number of fused-ring (bicyclic) bond motifs is 1. The minimum Gasteiger partial charge on any atom is -0.497 e. The van der Waals surface area contributed by atoms with Gasteiger partial charge in [0.1, 0.15) is 5.75 Å². The summed E-state index contributed by atoms with van der Waals surface area (Å²) in [5.74, 6) is 0.932. The van der Waals surface area contributed by atoms with Gasteiger partial charge in [-0.2, -0.15) is 0 Å². The van der Waals surface area contributed by atoms with Crippen molar-refractivity contribution in [2.75, 3.05) is 7.11 Å². The average molecular weight is 284 g/mol. The zero-order chi connectivity index (χ0) is 15.8. The van der Waals surface area contributed by atoms with Crippen molar-refractivity contribution in [3.63, 3.8) is 0 Å². The van der Waals surface area contributed by atoms with Crippen LogP contribution in [-0.4, -0.2) is 7.11 Å². The van der Waals surface area contributed by atoms with Crippen LogP contribution < -0.4 is 4.74 Å². The summed E-state index contributed by atoms with van der Waals surface area (Å²) in [6.45, 7) is 13.8. The lowest BCUT2D eigenvalue weighted by Gasteiger charge is -2.33. The second-order valence-electron chi connectivity index (χ2n) is 8.00. The fraction of sp³-hybridized carbons (Fsp3) is 0.500. The van der Waals surface area contributed by atoms with Gasteiger partial charge in [-0.15, -0.1) is 0 Å². The highest BCUT2D eigenvalue weighted by atomic mass is 16.5. The monoisotopic (exact) mass is 284 g/mol. The molecule has 2 aromatic carbocycles. The molecule has 114 valence electrons. The van der Waals surface area contributed by atoms with Crippen molar-refractivity contribution in [2.24, 2.45) is 5.41 Å². The summed E-state index contributed by atoms with van der Waals surface area (Å²) >= 11 is 0. The Bertz CT molecular complexity index is 645. The molecule has 0 unspecified atom stereocenters. The minimum absolute atomic E-state index is 0.179. The molecule has 1 nitrogen and oxygen atoms in total. The first-order valence-corrected chi connectivity index (χ1v) is 7.71. The minimum atomic E-state index is 0.179. The van der Waals surface area contributed by atoms with Crippen LogP contribution in [0.15, 0.2) is 30.3 Å². The van der Waals surface area contributed by atoms with Gasteiger partial charge in [0.2, 0.25) is 0 Å². The van der Waals surface area contributed by atoms with Gasteiger partial charge >= 0.3 is 0 Å². The van der Waals surface area contributed by atoms with E-state index in [1.807, 2.05) is 0 Å². The fourth-order valence-corrected chi connectivity index (χ4v) is 3.48. The number of hydrogen-bond donors (Lipinski definition) is 0. The Morgan fingerprint density at radius 2 is 1.62 bits per heavy atom. The first kappa shape index (κ1) is 15.9. The van der Waals surface area contributed by atoms with Gasteiger partial charge in [-0.05, 0) is 58.2 Å². The summed E-state index contributed by atoms with van der Waals surface area (Å²) in [5.41, 5.74) is 3.20. The zero-order valence-corrected chi connectivity index (χ0v) is 14.5. The second-order valence-corrected chi connectivity index (χ2v) is 8.00. The highest BCUT2D eigenvalue weighted by Crippen LogP contribution is 2.38. The van der Waals surface area contributed by atoms with E-state index >= 15 is 0 Å². The normalized spacial score (nSPS) is 12.7. The summed E-state index contributed by atoms with van der Waals surface area (Å²) < 4.78 is 5.37. The van der Waals surface area contributed by atoms with Crippen molar-refractivity contribution in [3.8, 4) is 5.75 Å². The van der Waals surface area contributed by atoms with Crippen LogP contribution in [0.4, 0.5) is 0 Å². The van der Waals surface area contributed by atoms with E-state index in [-0.39, 0.29) is 5.41 Å². The standard InChI is InChI=1S/C20H28O/c1-14-10-17(21-7)11-15-8-9-16(12-18(14)15)20(5,6)13-19(2,3)4/h8-12H,13H2,1-7H3. The molecule has 0 spiro atoms. The highest BCUT2D eigenvalue weighted by Gasteiger charge is 2.27. The van der Waals surface area contributed by atoms with E-state index in [1.165, 1.54) is 28.3 Å². The zero-order valence-electron chi connectivity index (χ0n) is 14.5. The highest BCUT2D eigenvalue weighted by molar-refractivity contribution is 5.87. The molecule has 0 heterocycles. The van der Waals surface area contributed by atoms with Gasteiger partial charge < -0.3 is 4.74 Å². The Morgan fingerprint density at radius 1 is 0.952 bits per heavy atom. The quantitative estimate of drug-likeness (QED) is 0.684. The van der Waals surface area contributed by atoms with Crippen molar-refractivity contribution >= 4 is 10.8 Å². The molecule has 0 aromatic heterocycles. The maximum Gasteiger partial charge on any atom is 0.119 e. The predicted octanol–water partition coefficient (Wildman–Crippen LogP) is 5.87. The van der Waals surface area contributed by atoms with Crippen LogP contribution in [0, 0.1) is 12.3 Å². The van der Waals surface area contributed by atoms with E-state index in [0.717, 1.165) is 5.75 Å². The number of rotatable bonds is 3. The first-order valence-electron chi connectivity index (χ1n) is 7.71. The maximum absolute atomic E-state index is 5.37. The molecule has 1 heteroatoms. The van der Waals surface area contributed by atoms with Crippen molar-refractivity contribution in [1.29, 1.82) is 0 Å². The van der Waals surface area contributed by atoms with Gasteiger partial charge in [0.15, 0.2) is 0 Å². The number of ether oxygens (including phenoxy) is 1. The average Bonchev–Trinajstić information content (AvgIpc) is 2.35. The molecule has 0 amide bonds. The third-order valence-electron chi connectivity index (χ3n) is 4.12. The third kappa shape index (κ3) is 3.58. The molecule has 0 radical (unpaired) electrons. The molecule has 0 bridgehead atoms. The van der Waals surface area contributed by atoms with Crippen LogP contribution in [0.25, 0.3) is 10.8 Å². The predicted molar refractivity (Wildman–Crippen MR) is 92.3 cm³/mol. The molecule has 0 N–H and O–H groups in total. The van der Waals surface area contributed by atoms with Crippen LogP contribution >= 0.6 is 0 Å². The van der Waals surface area contributed by atoms with E-state index in [9.17, 15) is 0 Å². The SMILES string of the molecule is COc1cc(C)c2cc(C(C)(C)CC(C)(C)C)ccc2c1. The largest absolute Gasteiger partial charge is 0.497 e. The molecule has 0 atom stereocenters. The van der Waals surface area contributed by atoms with Crippen LogP contribution in [0.5, 0.6) is 5.75 Å². The van der Waals surface area contributed by atoms with E-state index in [0.29, 0.717) is 5.41 Å². The van der Waals surface area contributed by atoms with Gasteiger partial charge in [-0.25, -0.2) is 0 Å². The summed E-state index contributed by atoms with van der Waals surface area (Å²) in [6.07, 6.45) is 1.17. The van der Waals surface area contributed by atoms with Crippen LogP contribution in [0.2, 0.25) is 0 Å². The molecule has 0 saturated heterocycles.